The van der Waals surface area contributed by atoms with Crippen LogP contribution in [0.1, 0.15) is 11.3 Å². The minimum absolute atomic E-state index is 0.231. The summed E-state index contributed by atoms with van der Waals surface area (Å²) in [6, 6.07) is 8.35. The second-order valence-corrected chi connectivity index (χ2v) is 5.52. The lowest BCUT2D eigenvalue weighted by molar-refractivity contribution is 0.624. The molecule has 2 heterocycles. The van der Waals surface area contributed by atoms with Crippen molar-refractivity contribution in [3.8, 4) is 10.6 Å². The summed E-state index contributed by atoms with van der Waals surface area (Å²) < 4.78 is 14.7. The molecule has 0 radical (unpaired) electrons. The second kappa shape index (κ2) is 5.05. The maximum Gasteiger partial charge on any atom is 0.180 e. The van der Waals surface area contributed by atoms with Crippen LogP contribution >= 0.6 is 11.3 Å². The van der Waals surface area contributed by atoms with Crippen molar-refractivity contribution < 1.29 is 4.39 Å². The average Bonchev–Trinajstić information content (AvgIpc) is 2.99. The Balaban J connectivity index is 1.83. The lowest BCUT2D eigenvalue weighted by Gasteiger charge is -2.01. The number of hydrogen-bond acceptors (Lipinski definition) is 4. The first-order valence-corrected chi connectivity index (χ1v) is 6.94. The third-order valence-corrected chi connectivity index (χ3v) is 3.95. The molecule has 6 heteroatoms. The van der Waals surface area contributed by atoms with Gasteiger partial charge in [-0.25, -0.2) is 9.37 Å². The molecule has 0 aliphatic carbocycles. The van der Waals surface area contributed by atoms with E-state index in [1.165, 1.54) is 23.5 Å². The van der Waals surface area contributed by atoms with Crippen molar-refractivity contribution in [1.82, 2.24) is 14.8 Å². The van der Waals surface area contributed by atoms with Crippen LogP contribution in [0, 0.1) is 12.7 Å². The molecule has 0 bridgehead atoms. The van der Waals surface area contributed by atoms with Gasteiger partial charge in [-0.05, 0) is 30.7 Å². The van der Waals surface area contributed by atoms with E-state index < -0.39 is 0 Å². The topological polar surface area (TPSA) is 56.7 Å². The zero-order chi connectivity index (χ0) is 14.1. The molecule has 0 saturated heterocycles. The first kappa shape index (κ1) is 12.8. The van der Waals surface area contributed by atoms with E-state index in [1.54, 1.807) is 12.1 Å². The third-order valence-electron chi connectivity index (χ3n) is 2.94. The Hall–Kier alpha value is -2.21. The Morgan fingerprint density at radius 2 is 2.00 bits per heavy atom. The van der Waals surface area contributed by atoms with Gasteiger partial charge < -0.3 is 5.73 Å². The quantitative estimate of drug-likeness (QED) is 0.805. The minimum Gasteiger partial charge on any atom is -0.375 e. The Morgan fingerprint density at radius 3 is 2.65 bits per heavy atom. The van der Waals surface area contributed by atoms with Gasteiger partial charge in [0.2, 0.25) is 0 Å². The SMILES string of the molecule is Cc1nc(N)sc1-c1ccn(Cc2ccc(F)cc2)n1. The van der Waals surface area contributed by atoms with Gasteiger partial charge in [-0.1, -0.05) is 23.5 Å². The number of hydrogen-bond donors (Lipinski definition) is 1. The number of nitrogens with zero attached hydrogens (tertiary/aromatic N) is 3. The number of aromatic nitrogens is 3. The number of thiazole rings is 1. The van der Waals surface area contributed by atoms with Crippen molar-refractivity contribution in [3.05, 3.63) is 53.6 Å². The molecule has 0 spiro atoms. The summed E-state index contributed by atoms with van der Waals surface area (Å²) in [5, 5.41) is 5.06. The monoisotopic (exact) mass is 288 g/mol. The fourth-order valence-electron chi connectivity index (χ4n) is 2.00. The first-order chi connectivity index (χ1) is 9.61. The van der Waals surface area contributed by atoms with Crippen LogP contribution in [0.15, 0.2) is 36.5 Å². The van der Waals surface area contributed by atoms with Gasteiger partial charge in [0, 0.05) is 6.20 Å². The zero-order valence-electron chi connectivity index (χ0n) is 10.9. The van der Waals surface area contributed by atoms with E-state index >= 15 is 0 Å². The van der Waals surface area contributed by atoms with E-state index in [4.69, 9.17) is 5.73 Å². The predicted molar refractivity (Wildman–Crippen MR) is 78.0 cm³/mol. The van der Waals surface area contributed by atoms with Crippen LogP contribution in [-0.2, 0) is 6.54 Å². The summed E-state index contributed by atoms with van der Waals surface area (Å²) in [7, 11) is 0. The van der Waals surface area contributed by atoms with E-state index in [1.807, 2.05) is 23.9 Å². The molecule has 0 atom stereocenters. The zero-order valence-corrected chi connectivity index (χ0v) is 11.7. The molecule has 3 aromatic rings. The maximum atomic E-state index is 12.9. The van der Waals surface area contributed by atoms with E-state index in [-0.39, 0.29) is 5.82 Å². The molecule has 0 aliphatic heterocycles. The normalized spacial score (nSPS) is 10.9. The summed E-state index contributed by atoms with van der Waals surface area (Å²) in [5.41, 5.74) is 8.45. The van der Waals surface area contributed by atoms with Crippen LogP contribution in [0.3, 0.4) is 0 Å². The molecule has 20 heavy (non-hydrogen) atoms. The highest BCUT2D eigenvalue weighted by Crippen LogP contribution is 2.29. The van der Waals surface area contributed by atoms with Gasteiger partial charge in [-0.3, -0.25) is 4.68 Å². The summed E-state index contributed by atoms with van der Waals surface area (Å²) in [6.45, 7) is 2.52. The highest BCUT2D eigenvalue weighted by molar-refractivity contribution is 7.18. The Kier molecular flexibility index (Phi) is 3.23. The van der Waals surface area contributed by atoms with Crippen LogP contribution < -0.4 is 5.73 Å². The molecular formula is C14H13FN4S. The fraction of sp³-hybridized carbons (Fsp3) is 0.143. The summed E-state index contributed by atoms with van der Waals surface area (Å²) in [4.78, 5) is 5.18. The highest BCUT2D eigenvalue weighted by Gasteiger charge is 2.10. The second-order valence-electron chi connectivity index (χ2n) is 4.49. The smallest absolute Gasteiger partial charge is 0.180 e. The summed E-state index contributed by atoms with van der Waals surface area (Å²) >= 11 is 1.43. The third kappa shape index (κ3) is 2.55. The maximum absolute atomic E-state index is 12.9. The fourth-order valence-corrected chi connectivity index (χ4v) is 2.80. The summed E-state index contributed by atoms with van der Waals surface area (Å²) in [5.74, 6) is -0.231. The van der Waals surface area contributed by atoms with E-state index in [9.17, 15) is 4.39 Å². The van der Waals surface area contributed by atoms with Crippen molar-refractivity contribution in [1.29, 1.82) is 0 Å². The molecule has 0 amide bonds. The standard InChI is InChI=1S/C14H13FN4S/c1-9-13(20-14(16)17-9)12-6-7-19(18-12)8-10-2-4-11(15)5-3-10/h2-7H,8H2,1H3,(H2,16,17). The largest absolute Gasteiger partial charge is 0.375 e. The number of anilines is 1. The summed E-state index contributed by atoms with van der Waals surface area (Å²) in [6.07, 6.45) is 1.90. The molecule has 102 valence electrons. The number of rotatable bonds is 3. The highest BCUT2D eigenvalue weighted by atomic mass is 32.1. The molecule has 2 N–H and O–H groups in total. The molecule has 1 aromatic carbocycles. The van der Waals surface area contributed by atoms with Crippen LogP contribution in [0.25, 0.3) is 10.6 Å². The van der Waals surface area contributed by atoms with Crippen molar-refractivity contribution in [2.24, 2.45) is 0 Å². The molecule has 3 rings (SSSR count). The van der Waals surface area contributed by atoms with E-state index in [0.717, 1.165) is 21.8 Å². The number of nitrogens with two attached hydrogens (primary N) is 1. The molecule has 0 aliphatic rings. The minimum atomic E-state index is -0.231. The Labute approximate surface area is 119 Å². The Morgan fingerprint density at radius 1 is 1.25 bits per heavy atom. The number of benzene rings is 1. The van der Waals surface area contributed by atoms with Crippen LogP contribution in [-0.4, -0.2) is 14.8 Å². The number of halogens is 1. The Bertz CT molecular complexity index is 730. The van der Waals surface area contributed by atoms with Crippen molar-refractivity contribution >= 4 is 16.5 Å². The van der Waals surface area contributed by atoms with Crippen LogP contribution in [0.2, 0.25) is 0 Å². The molecule has 0 unspecified atom stereocenters. The number of aryl methyl sites for hydroxylation is 1. The predicted octanol–water partition coefficient (Wildman–Crippen LogP) is 3.08. The van der Waals surface area contributed by atoms with Crippen LogP contribution in [0.5, 0.6) is 0 Å². The molecular weight excluding hydrogens is 275 g/mol. The number of nitrogen functional groups attached to an aromatic ring is 1. The molecule has 0 saturated carbocycles. The van der Waals surface area contributed by atoms with Crippen molar-refractivity contribution in [2.75, 3.05) is 5.73 Å². The van der Waals surface area contributed by atoms with Gasteiger partial charge in [0.1, 0.15) is 11.5 Å². The molecule has 0 fully saturated rings. The van der Waals surface area contributed by atoms with Gasteiger partial charge in [0.15, 0.2) is 5.13 Å². The van der Waals surface area contributed by atoms with Crippen molar-refractivity contribution in [3.63, 3.8) is 0 Å². The van der Waals surface area contributed by atoms with Crippen LogP contribution in [0.4, 0.5) is 9.52 Å². The van der Waals surface area contributed by atoms with E-state index in [2.05, 4.69) is 10.1 Å². The van der Waals surface area contributed by atoms with Gasteiger partial charge in [-0.2, -0.15) is 5.10 Å². The van der Waals surface area contributed by atoms with E-state index in [0.29, 0.717) is 11.7 Å². The van der Waals surface area contributed by atoms with Gasteiger partial charge in [-0.15, -0.1) is 0 Å². The van der Waals surface area contributed by atoms with Gasteiger partial charge in [0.05, 0.1) is 17.1 Å². The first-order valence-electron chi connectivity index (χ1n) is 6.13. The van der Waals surface area contributed by atoms with Gasteiger partial charge in [0.25, 0.3) is 0 Å². The molecule has 4 nitrogen and oxygen atoms in total. The average molecular weight is 288 g/mol. The van der Waals surface area contributed by atoms with Crippen molar-refractivity contribution in [2.45, 2.75) is 13.5 Å². The molecule has 2 aromatic heterocycles. The van der Waals surface area contributed by atoms with Gasteiger partial charge >= 0.3 is 0 Å². The lowest BCUT2D eigenvalue weighted by Crippen LogP contribution is -2.00. The lowest BCUT2D eigenvalue weighted by atomic mass is 10.2.